The molecule has 0 amide bonds. The van der Waals surface area contributed by atoms with Crippen LogP contribution < -0.4 is 0 Å². The molecule has 1 aromatic carbocycles. The standard InChI is InChI=1S/C14H10O3/c1-9-7-10-3-2-4-12(14(10)16-9)13-6-5-11(8-15)17-13/h2-8H,1H3. The van der Waals surface area contributed by atoms with Gasteiger partial charge >= 0.3 is 0 Å². The quantitative estimate of drug-likeness (QED) is 0.624. The molecule has 0 bridgehead atoms. The number of fused-ring (bicyclic) bond motifs is 1. The zero-order valence-electron chi connectivity index (χ0n) is 9.27. The zero-order valence-corrected chi connectivity index (χ0v) is 9.27. The third kappa shape index (κ3) is 1.56. The molecule has 0 aliphatic carbocycles. The third-order valence-electron chi connectivity index (χ3n) is 2.68. The van der Waals surface area contributed by atoms with Crippen molar-refractivity contribution in [1.29, 1.82) is 0 Å². The van der Waals surface area contributed by atoms with Gasteiger partial charge < -0.3 is 8.83 Å². The van der Waals surface area contributed by atoms with Crippen LogP contribution in [0.5, 0.6) is 0 Å². The molecule has 2 heterocycles. The highest BCUT2D eigenvalue weighted by Crippen LogP contribution is 2.31. The lowest BCUT2D eigenvalue weighted by Crippen LogP contribution is -1.75. The van der Waals surface area contributed by atoms with Crippen molar-refractivity contribution < 1.29 is 13.6 Å². The van der Waals surface area contributed by atoms with Crippen LogP contribution in [0.15, 0.2) is 45.2 Å². The molecule has 0 saturated carbocycles. The Morgan fingerprint density at radius 3 is 2.76 bits per heavy atom. The Kier molecular flexibility index (Phi) is 2.11. The largest absolute Gasteiger partial charge is 0.461 e. The molecule has 3 nitrogen and oxygen atoms in total. The van der Waals surface area contributed by atoms with E-state index in [0.717, 1.165) is 22.3 Å². The highest BCUT2D eigenvalue weighted by molar-refractivity contribution is 5.91. The summed E-state index contributed by atoms with van der Waals surface area (Å²) in [6.07, 6.45) is 0.691. The number of furan rings is 2. The van der Waals surface area contributed by atoms with Gasteiger partial charge in [-0.15, -0.1) is 0 Å². The third-order valence-corrected chi connectivity index (χ3v) is 2.68. The van der Waals surface area contributed by atoms with E-state index in [4.69, 9.17) is 8.83 Å². The Labute approximate surface area is 97.7 Å². The van der Waals surface area contributed by atoms with E-state index in [1.807, 2.05) is 31.2 Å². The molecule has 0 aliphatic heterocycles. The van der Waals surface area contributed by atoms with E-state index in [-0.39, 0.29) is 0 Å². The second kappa shape index (κ2) is 3.63. The van der Waals surface area contributed by atoms with Crippen LogP contribution in [-0.2, 0) is 0 Å². The first-order valence-electron chi connectivity index (χ1n) is 5.32. The normalized spacial score (nSPS) is 10.9. The van der Waals surface area contributed by atoms with Crippen molar-refractivity contribution in [3.63, 3.8) is 0 Å². The van der Waals surface area contributed by atoms with Crippen molar-refractivity contribution in [2.24, 2.45) is 0 Å². The summed E-state index contributed by atoms with van der Waals surface area (Å²) >= 11 is 0. The predicted molar refractivity (Wildman–Crippen MR) is 64.0 cm³/mol. The Morgan fingerprint density at radius 2 is 2.00 bits per heavy atom. The molecular formula is C14H10O3. The number of hydrogen-bond donors (Lipinski definition) is 0. The summed E-state index contributed by atoms with van der Waals surface area (Å²) in [5.41, 5.74) is 1.65. The highest BCUT2D eigenvalue weighted by Gasteiger charge is 2.11. The number of rotatable bonds is 2. The van der Waals surface area contributed by atoms with Gasteiger partial charge in [0.1, 0.15) is 17.1 Å². The minimum Gasteiger partial charge on any atom is -0.461 e. The summed E-state index contributed by atoms with van der Waals surface area (Å²) in [6, 6.07) is 11.2. The molecule has 2 aromatic heterocycles. The lowest BCUT2D eigenvalue weighted by atomic mass is 10.1. The fourth-order valence-corrected chi connectivity index (χ4v) is 1.95. The number of para-hydroxylation sites is 1. The molecule has 3 heteroatoms. The van der Waals surface area contributed by atoms with Gasteiger partial charge in [0.15, 0.2) is 12.0 Å². The van der Waals surface area contributed by atoms with E-state index >= 15 is 0 Å². The van der Waals surface area contributed by atoms with Crippen LogP contribution in [-0.4, -0.2) is 6.29 Å². The van der Waals surface area contributed by atoms with Gasteiger partial charge in [-0.2, -0.15) is 0 Å². The van der Waals surface area contributed by atoms with Crippen LogP contribution in [0.4, 0.5) is 0 Å². The van der Waals surface area contributed by atoms with E-state index < -0.39 is 0 Å². The zero-order chi connectivity index (χ0) is 11.8. The molecular weight excluding hydrogens is 216 g/mol. The first-order chi connectivity index (χ1) is 8.28. The second-order valence-electron chi connectivity index (χ2n) is 3.90. The van der Waals surface area contributed by atoms with Gasteiger partial charge in [-0.1, -0.05) is 12.1 Å². The van der Waals surface area contributed by atoms with Crippen LogP contribution in [0.25, 0.3) is 22.3 Å². The Morgan fingerprint density at radius 1 is 1.12 bits per heavy atom. The summed E-state index contributed by atoms with van der Waals surface area (Å²) < 4.78 is 11.1. The molecule has 3 rings (SSSR count). The first-order valence-corrected chi connectivity index (χ1v) is 5.32. The van der Waals surface area contributed by atoms with Crippen LogP contribution in [0.2, 0.25) is 0 Å². The number of aryl methyl sites for hydroxylation is 1. The van der Waals surface area contributed by atoms with Gasteiger partial charge in [0, 0.05) is 5.39 Å². The van der Waals surface area contributed by atoms with Crippen molar-refractivity contribution in [1.82, 2.24) is 0 Å². The first kappa shape index (κ1) is 9.90. The van der Waals surface area contributed by atoms with Crippen LogP contribution in [0.3, 0.4) is 0 Å². The number of aldehydes is 1. The maximum Gasteiger partial charge on any atom is 0.185 e. The molecule has 84 valence electrons. The monoisotopic (exact) mass is 226 g/mol. The fraction of sp³-hybridized carbons (Fsp3) is 0.0714. The van der Waals surface area contributed by atoms with E-state index in [9.17, 15) is 4.79 Å². The highest BCUT2D eigenvalue weighted by atomic mass is 16.4. The summed E-state index contributed by atoms with van der Waals surface area (Å²) in [7, 11) is 0. The van der Waals surface area contributed by atoms with Crippen LogP contribution >= 0.6 is 0 Å². The molecule has 0 atom stereocenters. The Bertz CT molecular complexity index is 688. The fourth-order valence-electron chi connectivity index (χ4n) is 1.95. The minimum atomic E-state index is 0.320. The molecule has 0 aliphatic rings. The Hall–Kier alpha value is -2.29. The van der Waals surface area contributed by atoms with Crippen molar-refractivity contribution >= 4 is 17.3 Å². The van der Waals surface area contributed by atoms with Crippen LogP contribution in [0, 0.1) is 6.92 Å². The summed E-state index contributed by atoms with van der Waals surface area (Å²) in [5, 5.41) is 1.03. The number of benzene rings is 1. The molecule has 0 N–H and O–H groups in total. The van der Waals surface area contributed by atoms with Crippen molar-refractivity contribution in [3.8, 4) is 11.3 Å². The van der Waals surface area contributed by atoms with Gasteiger partial charge in [-0.3, -0.25) is 4.79 Å². The van der Waals surface area contributed by atoms with Crippen LogP contribution in [0.1, 0.15) is 16.3 Å². The van der Waals surface area contributed by atoms with Gasteiger partial charge in [0.2, 0.25) is 0 Å². The minimum absolute atomic E-state index is 0.320. The van der Waals surface area contributed by atoms with E-state index in [0.29, 0.717) is 17.8 Å². The van der Waals surface area contributed by atoms with E-state index in [1.165, 1.54) is 0 Å². The van der Waals surface area contributed by atoms with E-state index in [1.54, 1.807) is 12.1 Å². The van der Waals surface area contributed by atoms with Crippen molar-refractivity contribution in [2.75, 3.05) is 0 Å². The SMILES string of the molecule is Cc1cc2cccc(-c3ccc(C=O)o3)c2o1. The number of carbonyl (C=O) groups excluding carboxylic acids is 1. The molecule has 17 heavy (non-hydrogen) atoms. The van der Waals surface area contributed by atoms with Gasteiger partial charge in [0.25, 0.3) is 0 Å². The average Bonchev–Trinajstić information content (AvgIpc) is 2.92. The second-order valence-corrected chi connectivity index (χ2v) is 3.90. The maximum atomic E-state index is 10.6. The molecule has 0 radical (unpaired) electrons. The lowest BCUT2D eigenvalue weighted by molar-refractivity contribution is 0.110. The van der Waals surface area contributed by atoms with Gasteiger partial charge in [-0.25, -0.2) is 0 Å². The molecule has 0 unspecified atom stereocenters. The van der Waals surface area contributed by atoms with Gasteiger partial charge in [0.05, 0.1) is 5.56 Å². The molecule has 0 spiro atoms. The summed E-state index contributed by atoms with van der Waals surface area (Å²) in [6.45, 7) is 1.91. The maximum absolute atomic E-state index is 10.6. The molecule has 0 fully saturated rings. The van der Waals surface area contributed by atoms with Crippen molar-refractivity contribution in [3.05, 3.63) is 47.9 Å². The van der Waals surface area contributed by atoms with Gasteiger partial charge in [-0.05, 0) is 31.2 Å². The van der Waals surface area contributed by atoms with E-state index in [2.05, 4.69) is 0 Å². The molecule has 3 aromatic rings. The smallest absolute Gasteiger partial charge is 0.185 e. The average molecular weight is 226 g/mol. The lowest BCUT2D eigenvalue weighted by Gasteiger charge is -1.97. The summed E-state index contributed by atoms with van der Waals surface area (Å²) in [5.74, 6) is 1.82. The topological polar surface area (TPSA) is 43.4 Å². The Balaban J connectivity index is 2.25. The predicted octanol–water partition coefficient (Wildman–Crippen LogP) is 3.81. The van der Waals surface area contributed by atoms with Crippen molar-refractivity contribution in [2.45, 2.75) is 6.92 Å². The number of hydrogen-bond acceptors (Lipinski definition) is 3. The summed E-state index contributed by atoms with van der Waals surface area (Å²) in [4.78, 5) is 10.6. The molecule has 0 saturated heterocycles. The number of carbonyl (C=O) groups is 1.